The molecule has 8 nitrogen and oxygen atoms in total. The zero-order valence-corrected chi connectivity index (χ0v) is 16.5. The number of imide groups is 1. The van der Waals surface area contributed by atoms with Crippen molar-refractivity contribution in [2.24, 2.45) is 0 Å². The van der Waals surface area contributed by atoms with Gasteiger partial charge in [0.05, 0.1) is 17.7 Å². The number of nitrogens with one attached hydrogen (secondary N) is 1. The Labute approximate surface area is 166 Å². The van der Waals surface area contributed by atoms with E-state index in [1.54, 1.807) is 48.5 Å². The molecule has 10 heteroatoms. The fourth-order valence-corrected chi connectivity index (χ4v) is 3.97. The molecule has 146 valence electrons. The van der Waals surface area contributed by atoms with Crippen LogP contribution in [0.1, 0.15) is 5.56 Å². The van der Waals surface area contributed by atoms with Crippen molar-refractivity contribution in [3.8, 4) is 5.75 Å². The Hall–Kier alpha value is -2.85. The van der Waals surface area contributed by atoms with E-state index in [0.29, 0.717) is 16.5 Å². The summed E-state index contributed by atoms with van der Waals surface area (Å²) in [5, 5.41) is 1.81. The average Bonchev–Trinajstić information content (AvgIpc) is 2.97. The lowest BCUT2D eigenvalue weighted by atomic mass is 10.2. The Morgan fingerprint density at radius 1 is 1.18 bits per heavy atom. The Bertz CT molecular complexity index is 1010. The predicted octanol–water partition coefficient (Wildman–Crippen LogP) is 2.25. The van der Waals surface area contributed by atoms with Gasteiger partial charge in [-0.15, -0.1) is 0 Å². The van der Waals surface area contributed by atoms with E-state index in [2.05, 4.69) is 10.3 Å². The highest BCUT2D eigenvalue weighted by Gasteiger charge is 2.24. The molecule has 3 rings (SSSR count). The highest BCUT2D eigenvalue weighted by atomic mass is 32.2. The Morgan fingerprint density at radius 2 is 1.93 bits per heavy atom. The maximum Gasteiger partial charge on any atom is 0.290 e. The summed E-state index contributed by atoms with van der Waals surface area (Å²) in [4.78, 5) is 27.1. The molecule has 0 aliphatic carbocycles. The molecule has 1 aliphatic heterocycles. The van der Waals surface area contributed by atoms with Crippen LogP contribution in [0.15, 0.2) is 53.6 Å². The Morgan fingerprint density at radius 3 is 2.50 bits per heavy atom. The van der Waals surface area contributed by atoms with Crippen molar-refractivity contribution in [3.05, 3.63) is 59.1 Å². The largest absolute Gasteiger partial charge is 0.492 e. The number of rotatable bonds is 7. The molecule has 2 aromatic rings. The van der Waals surface area contributed by atoms with Gasteiger partial charge in [-0.05, 0) is 47.7 Å². The summed E-state index contributed by atoms with van der Waals surface area (Å²) in [6, 6.07) is 11.9. The van der Waals surface area contributed by atoms with Gasteiger partial charge in [0, 0.05) is 6.20 Å². The molecule has 0 atom stereocenters. The maximum absolute atomic E-state index is 12.0. The number of anilines is 1. The fourth-order valence-electron chi connectivity index (χ4n) is 2.43. The normalized spacial score (nSPS) is 15.5. The summed E-state index contributed by atoms with van der Waals surface area (Å²) in [6.45, 7) is 0.247. The number of carbonyl (C=O) groups is 2. The standard InChI is InChI=1S/C18H17N3O5S2/c1-28(24,25)21(16-4-2-3-9-19-16)10-11-26-14-7-5-13(6-8-14)12-15-17(22)20-18(23)27-15/h2-9,12H,10-11H2,1H3,(H,20,22,23)/b15-12-. The molecular weight excluding hydrogens is 402 g/mol. The molecule has 1 aromatic heterocycles. The van der Waals surface area contributed by atoms with E-state index in [-0.39, 0.29) is 18.4 Å². The Balaban J connectivity index is 1.61. The van der Waals surface area contributed by atoms with Crippen LogP contribution in [0.5, 0.6) is 5.75 Å². The van der Waals surface area contributed by atoms with Gasteiger partial charge in [-0.1, -0.05) is 18.2 Å². The zero-order chi connectivity index (χ0) is 20.1. The summed E-state index contributed by atoms with van der Waals surface area (Å²) in [6.07, 6.45) is 4.26. The van der Waals surface area contributed by atoms with Crippen molar-refractivity contribution in [1.29, 1.82) is 0 Å². The summed E-state index contributed by atoms with van der Waals surface area (Å²) in [5.41, 5.74) is 0.742. The van der Waals surface area contributed by atoms with Crippen molar-refractivity contribution >= 4 is 44.8 Å². The lowest BCUT2D eigenvalue weighted by molar-refractivity contribution is -0.115. The molecule has 0 saturated carbocycles. The lowest BCUT2D eigenvalue weighted by Crippen LogP contribution is -2.34. The van der Waals surface area contributed by atoms with Crippen LogP contribution in [0, 0.1) is 0 Å². The molecule has 1 aliphatic rings. The number of thioether (sulfide) groups is 1. The second-order valence-electron chi connectivity index (χ2n) is 5.79. The van der Waals surface area contributed by atoms with Gasteiger partial charge >= 0.3 is 0 Å². The van der Waals surface area contributed by atoms with E-state index >= 15 is 0 Å². The monoisotopic (exact) mass is 419 g/mol. The minimum Gasteiger partial charge on any atom is -0.492 e. The first-order chi connectivity index (χ1) is 13.3. The van der Waals surface area contributed by atoms with Gasteiger partial charge in [-0.3, -0.25) is 19.2 Å². The molecular formula is C18H17N3O5S2. The van der Waals surface area contributed by atoms with Crippen LogP contribution < -0.4 is 14.4 Å². The third-order valence-corrected chi connectivity index (χ3v) is 5.67. The molecule has 1 saturated heterocycles. The van der Waals surface area contributed by atoms with Gasteiger partial charge in [0.15, 0.2) is 0 Å². The van der Waals surface area contributed by atoms with Gasteiger partial charge in [0.1, 0.15) is 18.2 Å². The van der Waals surface area contributed by atoms with E-state index in [0.717, 1.165) is 23.6 Å². The van der Waals surface area contributed by atoms with Crippen LogP contribution in [0.2, 0.25) is 0 Å². The number of nitrogens with zero attached hydrogens (tertiary/aromatic N) is 2. The molecule has 0 unspecified atom stereocenters. The van der Waals surface area contributed by atoms with E-state index in [1.807, 2.05) is 0 Å². The van der Waals surface area contributed by atoms with Gasteiger partial charge in [0.2, 0.25) is 10.0 Å². The van der Waals surface area contributed by atoms with Crippen molar-refractivity contribution in [2.75, 3.05) is 23.7 Å². The van der Waals surface area contributed by atoms with E-state index < -0.39 is 15.9 Å². The molecule has 1 aromatic carbocycles. The first kappa shape index (κ1) is 19.9. The number of aromatic nitrogens is 1. The summed E-state index contributed by atoms with van der Waals surface area (Å²) < 4.78 is 30.8. The highest BCUT2D eigenvalue weighted by Crippen LogP contribution is 2.26. The molecule has 2 heterocycles. The van der Waals surface area contributed by atoms with Crippen LogP contribution in [0.3, 0.4) is 0 Å². The van der Waals surface area contributed by atoms with Crippen LogP contribution in [0.25, 0.3) is 6.08 Å². The lowest BCUT2D eigenvalue weighted by Gasteiger charge is -2.21. The van der Waals surface area contributed by atoms with Crippen LogP contribution in [0.4, 0.5) is 10.6 Å². The van der Waals surface area contributed by atoms with Crippen LogP contribution in [-0.4, -0.2) is 44.0 Å². The number of benzene rings is 1. The second kappa shape index (κ2) is 8.44. The first-order valence-electron chi connectivity index (χ1n) is 8.19. The third-order valence-electron chi connectivity index (χ3n) is 3.69. The molecule has 1 fully saturated rings. The quantitative estimate of drug-likeness (QED) is 0.686. The van der Waals surface area contributed by atoms with Crippen LogP contribution >= 0.6 is 11.8 Å². The minimum absolute atomic E-state index is 0.112. The van der Waals surface area contributed by atoms with Crippen molar-refractivity contribution in [3.63, 3.8) is 0 Å². The number of hydrogen-bond acceptors (Lipinski definition) is 7. The van der Waals surface area contributed by atoms with E-state index in [9.17, 15) is 18.0 Å². The molecule has 0 spiro atoms. The SMILES string of the molecule is CS(=O)(=O)N(CCOc1ccc(/C=C2\SC(=O)NC2=O)cc1)c1ccccn1. The van der Waals surface area contributed by atoms with Crippen molar-refractivity contribution in [2.45, 2.75) is 0 Å². The highest BCUT2D eigenvalue weighted by molar-refractivity contribution is 8.18. The van der Waals surface area contributed by atoms with Gasteiger partial charge in [-0.2, -0.15) is 0 Å². The van der Waals surface area contributed by atoms with Crippen molar-refractivity contribution in [1.82, 2.24) is 10.3 Å². The molecule has 0 radical (unpaired) electrons. The topological polar surface area (TPSA) is 106 Å². The smallest absolute Gasteiger partial charge is 0.290 e. The van der Waals surface area contributed by atoms with E-state index in [4.69, 9.17) is 4.74 Å². The molecule has 2 amide bonds. The average molecular weight is 419 g/mol. The number of pyridine rings is 1. The predicted molar refractivity (Wildman–Crippen MR) is 107 cm³/mol. The molecule has 1 N–H and O–H groups in total. The second-order valence-corrected chi connectivity index (χ2v) is 8.71. The number of carbonyl (C=O) groups excluding carboxylic acids is 2. The third kappa shape index (κ3) is 5.11. The zero-order valence-electron chi connectivity index (χ0n) is 14.9. The number of ether oxygens (including phenoxy) is 1. The van der Waals surface area contributed by atoms with Gasteiger partial charge in [0.25, 0.3) is 11.1 Å². The number of sulfonamides is 1. The van der Waals surface area contributed by atoms with Gasteiger partial charge < -0.3 is 4.74 Å². The summed E-state index contributed by atoms with van der Waals surface area (Å²) in [5.74, 6) is 0.472. The molecule has 28 heavy (non-hydrogen) atoms. The minimum atomic E-state index is -3.49. The number of amides is 2. The Kier molecular flexibility index (Phi) is 6.00. The van der Waals surface area contributed by atoms with E-state index in [1.165, 1.54) is 10.5 Å². The molecule has 0 bridgehead atoms. The fraction of sp³-hybridized carbons (Fsp3) is 0.167. The van der Waals surface area contributed by atoms with Gasteiger partial charge in [-0.25, -0.2) is 13.4 Å². The first-order valence-corrected chi connectivity index (χ1v) is 10.9. The van der Waals surface area contributed by atoms with Crippen LogP contribution in [-0.2, 0) is 14.8 Å². The summed E-state index contributed by atoms with van der Waals surface area (Å²) in [7, 11) is -3.49. The summed E-state index contributed by atoms with van der Waals surface area (Å²) >= 11 is 0.852. The van der Waals surface area contributed by atoms with Crippen molar-refractivity contribution < 1.29 is 22.7 Å². The maximum atomic E-state index is 12.0. The number of hydrogen-bond donors (Lipinski definition) is 1.